The van der Waals surface area contributed by atoms with Gasteiger partial charge in [-0.15, -0.1) is 0 Å². The summed E-state index contributed by atoms with van der Waals surface area (Å²) in [5.41, 5.74) is -0.670. The van der Waals surface area contributed by atoms with Gasteiger partial charge in [-0.2, -0.15) is 0 Å². The summed E-state index contributed by atoms with van der Waals surface area (Å²) in [6.07, 6.45) is 3.59. The number of nitrogens with zero attached hydrogens (tertiary/aromatic N) is 1. The molecule has 7 heteroatoms. The quantitative estimate of drug-likeness (QED) is 0.616. The van der Waals surface area contributed by atoms with Crippen LogP contribution >= 0.6 is 23.2 Å². The number of halogens is 2. The molecule has 0 amide bonds. The number of benzene rings is 1. The van der Waals surface area contributed by atoms with Crippen molar-refractivity contribution in [2.45, 2.75) is 38.2 Å². The molecule has 0 radical (unpaired) electrons. The van der Waals surface area contributed by atoms with Crippen molar-refractivity contribution in [2.75, 3.05) is 0 Å². The standard InChI is InChI=1S/C14H13Cl2NO4/c15-8-5-10(17(19)20)11(6-9(8)16)21-13-7-12(18)14(13)3-1-2-4-14/h5-6,13H,1-4,7H2. The van der Waals surface area contributed by atoms with Crippen molar-refractivity contribution in [3.05, 3.63) is 32.3 Å². The highest BCUT2D eigenvalue weighted by Gasteiger charge is 2.57. The molecular formula is C14H13Cl2NO4. The van der Waals surface area contributed by atoms with E-state index in [0.29, 0.717) is 6.42 Å². The molecule has 112 valence electrons. The molecule has 1 atom stereocenters. The first-order valence-corrected chi connectivity index (χ1v) is 7.53. The minimum Gasteiger partial charge on any atom is -0.482 e. The van der Waals surface area contributed by atoms with Crippen LogP contribution in [0.25, 0.3) is 0 Å². The molecule has 1 aromatic carbocycles. The van der Waals surface area contributed by atoms with Crippen LogP contribution in [0.5, 0.6) is 5.75 Å². The van der Waals surface area contributed by atoms with E-state index >= 15 is 0 Å². The minimum absolute atomic E-state index is 0.0816. The van der Waals surface area contributed by atoms with Crippen LogP contribution in [0.15, 0.2) is 12.1 Å². The van der Waals surface area contributed by atoms with E-state index in [1.807, 2.05) is 0 Å². The Hall–Kier alpha value is -1.33. The number of ether oxygens (including phenoxy) is 1. The maximum atomic E-state index is 11.9. The van der Waals surface area contributed by atoms with Crippen LogP contribution in [0.1, 0.15) is 32.1 Å². The van der Waals surface area contributed by atoms with Crippen molar-refractivity contribution >= 4 is 34.7 Å². The van der Waals surface area contributed by atoms with Gasteiger partial charge in [0, 0.05) is 18.6 Å². The zero-order chi connectivity index (χ0) is 15.2. The van der Waals surface area contributed by atoms with Crippen molar-refractivity contribution in [3.63, 3.8) is 0 Å². The third-order valence-electron chi connectivity index (χ3n) is 4.51. The maximum Gasteiger partial charge on any atom is 0.312 e. The van der Waals surface area contributed by atoms with Crippen LogP contribution in [-0.4, -0.2) is 16.8 Å². The average Bonchev–Trinajstić information content (AvgIpc) is 2.94. The van der Waals surface area contributed by atoms with E-state index in [-0.39, 0.29) is 33.4 Å². The molecule has 2 fully saturated rings. The zero-order valence-electron chi connectivity index (χ0n) is 11.1. The van der Waals surface area contributed by atoms with Crippen molar-refractivity contribution in [1.82, 2.24) is 0 Å². The van der Waals surface area contributed by atoms with Gasteiger partial charge in [-0.3, -0.25) is 14.9 Å². The SMILES string of the molecule is O=C1CC(Oc2cc(Cl)c(Cl)cc2[N+](=O)[O-])C12CCCC2. The summed E-state index contributed by atoms with van der Waals surface area (Å²) in [5, 5.41) is 11.4. The molecule has 5 nitrogen and oxygen atoms in total. The van der Waals surface area contributed by atoms with Gasteiger partial charge in [0.1, 0.15) is 11.9 Å². The van der Waals surface area contributed by atoms with E-state index in [1.54, 1.807) is 0 Å². The summed E-state index contributed by atoms with van der Waals surface area (Å²) in [6, 6.07) is 2.54. The second kappa shape index (κ2) is 5.14. The molecule has 0 aliphatic heterocycles. The van der Waals surface area contributed by atoms with Crippen LogP contribution in [0, 0.1) is 15.5 Å². The van der Waals surface area contributed by atoms with Gasteiger partial charge in [0.15, 0.2) is 5.75 Å². The fourth-order valence-corrected chi connectivity index (χ4v) is 3.60. The van der Waals surface area contributed by atoms with Crippen LogP contribution in [0.2, 0.25) is 10.0 Å². The maximum absolute atomic E-state index is 11.9. The Balaban J connectivity index is 1.90. The van der Waals surface area contributed by atoms with Gasteiger partial charge < -0.3 is 4.74 Å². The zero-order valence-corrected chi connectivity index (χ0v) is 12.6. The molecule has 0 saturated heterocycles. The third-order valence-corrected chi connectivity index (χ3v) is 5.23. The molecule has 0 aromatic heterocycles. The van der Waals surface area contributed by atoms with Gasteiger partial charge in [0.2, 0.25) is 0 Å². The summed E-state index contributed by atoms with van der Waals surface area (Å²) in [4.78, 5) is 22.5. The fraction of sp³-hybridized carbons (Fsp3) is 0.500. The first-order chi connectivity index (χ1) is 9.94. The summed E-state index contributed by atoms with van der Waals surface area (Å²) in [7, 11) is 0. The molecule has 1 unspecified atom stereocenters. The fourth-order valence-electron chi connectivity index (χ4n) is 3.29. The van der Waals surface area contributed by atoms with E-state index in [1.165, 1.54) is 12.1 Å². The largest absolute Gasteiger partial charge is 0.482 e. The predicted octanol–water partition coefficient (Wildman–Crippen LogP) is 4.18. The summed E-state index contributed by atoms with van der Waals surface area (Å²) < 4.78 is 5.78. The molecule has 0 heterocycles. The topological polar surface area (TPSA) is 69.4 Å². The second-order valence-corrected chi connectivity index (χ2v) is 6.40. The highest BCUT2D eigenvalue weighted by atomic mass is 35.5. The Morgan fingerprint density at radius 1 is 1.24 bits per heavy atom. The van der Waals surface area contributed by atoms with E-state index in [0.717, 1.165) is 25.7 Å². The Labute approximate surface area is 131 Å². The number of carbonyl (C=O) groups excluding carboxylic acids is 1. The normalized spacial score (nSPS) is 23.1. The Bertz CT molecular complexity index is 626. The number of nitro benzene ring substituents is 1. The predicted molar refractivity (Wildman–Crippen MR) is 78.1 cm³/mol. The van der Waals surface area contributed by atoms with E-state index in [4.69, 9.17) is 27.9 Å². The Kier molecular flexibility index (Phi) is 3.58. The number of hydrogen-bond donors (Lipinski definition) is 0. The van der Waals surface area contributed by atoms with E-state index in [9.17, 15) is 14.9 Å². The van der Waals surface area contributed by atoms with E-state index in [2.05, 4.69) is 0 Å². The molecule has 0 N–H and O–H groups in total. The van der Waals surface area contributed by atoms with Crippen LogP contribution < -0.4 is 4.74 Å². The summed E-state index contributed by atoms with van der Waals surface area (Å²) in [5.74, 6) is 0.283. The number of rotatable bonds is 3. The number of Topliss-reactive ketones (excluding diaryl/α,β-unsaturated/α-hetero) is 1. The van der Waals surface area contributed by atoms with E-state index < -0.39 is 10.3 Å². The highest BCUT2D eigenvalue weighted by molar-refractivity contribution is 6.42. The molecule has 2 aliphatic rings. The first-order valence-electron chi connectivity index (χ1n) is 6.77. The molecule has 2 saturated carbocycles. The molecule has 0 bridgehead atoms. The highest BCUT2D eigenvalue weighted by Crippen LogP contribution is 2.52. The lowest BCUT2D eigenvalue weighted by atomic mass is 9.63. The molecule has 1 spiro atoms. The lowest BCUT2D eigenvalue weighted by Gasteiger charge is -2.44. The lowest BCUT2D eigenvalue weighted by molar-refractivity contribution is -0.386. The number of carbonyl (C=O) groups is 1. The molecule has 1 aromatic rings. The van der Waals surface area contributed by atoms with Gasteiger partial charge in [0.05, 0.1) is 20.4 Å². The van der Waals surface area contributed by atoms with Gasteiger partial charge in [-0.05, 0) is 12.8 Å². The monoisotopic (exact) mass is 329 g/mol. The molecule has 3 rings (SSSR count). The van der Waals surface area contributed by atoms with Crippen LogP contribution in [0.3, 0.4) is 0 Å². The number of hydrogen-bond acceptors (Lipinski definition) is 4. The van der Waals surface area contributed by atoms with Gasteiger partial charge >= 0.3 is 5.69 Å². The minimum atomic E-state index is -0.556. The average molecular weight is 330 g/mol. The van der Waals surface area contributed by atoms with Gasteiger partial charge in [0.25, 0.3) is 0 Å². The summed E-state index contributed by atoms with van der Waals surface area (Å²) >= 11 is 11.7. The van der Waals surface area contributed by atoms with Gasteiger partial charge in [-0.25, -0.2) is 0 Å². The number of ketones is 1. The van der Waals surface area contributed by atoms with Crippen LogP contribution in [-0.2, 0) is 4.79 Å². The van der Waals surface area contributed by atoms with Crippen molar-refractivity contribution < 1.29 is 14.5 Å². The van der Waals surface area contributed by atoms with Gasteiger partial charge in [-0.1, -0.05) is 36.0 Å². The van der Waals surface area contributed by atoms with Crippen molar-refractivity contribution in [2.24, 2.45) is 5.41 Å². The Morgan fingerprint density at radius 3 is 2.43 bits per heavy atom. The first kappa shape index (κ1) is 14.6. The van der Waals surface area contributed by atoms with Crippen molar-refractivity contribution in [3.8, 4) is 5.75 Å². The second-order valence-electron chi connectivity index (χ2n) is 5.59. The summed E-state index contributed by atoms with van der Waals surface area (Å²) in [6.45, 7) is 0. The van der Waals surface area contributed by atoms with Crippen LogP contribution in [0.4, 0.5) is 5.69 Å². The van der Waals surface area contributed by atoms with Crippen molar-refractivity contribution in [1.29, 1.82) is 0 Å². The lowest BCUT2D eigenvalue weighted by Crippen LogP contribution is -2.55. The number of nitro groups is 1. The molecule has 2 aliphatic carbocycles. The molecule has 21 heavy (non-hydrogen) atoms. The molecular weight excluding hydrogens is 317 g/mol. The smallest absolute Gasteiger partial charge is 0.312 e. The Morgan fingerprint density at radius 2 is 1.86 bits per heavy atom. The third kappa shape index (κ3) is 2.28.